The summed E-state index contributed by atoms with van der Waals surface area (Å²) in [6.07, 6.45) is 1.92. The van der Waals surface area contributed by atoms with Crippen molar-refractivity contribution in [1.29, 1.82) is 0 Å². The van der Waals surface area contributed by atoms with Gasteiger partial charge < -0.3 is 20.3 Å². The van der Waals surface area contributed by atoms with Crippen molar-refractivity contribution < 1.29 is 14.3 Å². The third-order valence-electron chi connectivity index (χ3n) is 5.96. The molecule has 2 heterocycles. The molecule has 166 valence electrons. The van der Waals surface area contributed by atoms with Crippen molar-refractivity contribution in [3.8, 4) is 0 Å². The Kier molecular flexibility index (Phi) is 9.11. The highest BCUT2D eigenvalue weighted by Crippen LogP contribution is 2.24. The zero-order valence-electron chi connectivity index (χ0n) is 18.1. The van der Waals surface area contributed by atoms with E-state index in [0.29, 0.717) is 19.0 Å². The number of carbonyl (C=O) groups excluding carboxylic acids is 2. The molecule has 7 heteroatoms. The number of ether oxygens (including phenoxy) is 1. The van der Waals surface area contributed by atoms with Crippen LogP contribution in [0.5, 0.6) is 0 Å². The van der Waals surface area contributed by atoms with Gasteiger partial charge in [-0.15, -0.1) is 0 Å². The van der Waals surface area contributed by atoms with Crippen LogP contribution in [0.2, 0.25) is 0 Å². The van der Waals surface area contributed by atoms with Gasteiger partial charge in [-0.1, -0.05) is 30.3 Å². The maximum absolute atomic E-state index is 12.8. The molecule has 30 heavy (non-hydrogen) atoms. The van der Waals surface area contributed by atoms with E-state index >= 15 is 0 Å². The van der Waals surface area contributed by atoms with E-state index in [1.165, 1.54) is 12.5 Å². The van der Waals surface area contributed by atoms with Crippen molar-refractivity contribution in [3.63, 3.8) is 0 Å². The molecule has 7 nitrogen and oxygen atoms in total. The van der Waals surface area contributed by atoms with E-state index in [9.17, 15) is 9.59 Å². The summed E-state index contributed by atoms with van der Waals surface area (Å²) in [4.78, 5) is 28.8. The first kappa shape index (κ1) is 22.7. The van der Waals surface area contributed by atoms with Crippen molar-refractivity contribution >= 4 is 11.8 Å². The lowest BCUT2D eigenvalue weighted by Gasteiger charge is -2.40. The second kappa shape index (κ2) is 12.0. The number of likely N-dealkylation sites (tertiary alicyclic amines) is 1. The lowest BCUT2D eigenvalue weighted by molar-refractivity contribution is -0.128. The highest BCUT2D eigenvalue weighted by atomic mass is 16.5. The highest BCUT2D eigenvalue weighted by Gasteiger charge is 2.32. The normalized spacial score (nSPS) is 23.1. The van der Waals surface area contributed by atoms with Gasteiger partial charge in [0.15, 0.2) is 0 Å². The van der Waals surface area contributed by atoms with E-state index < -0.39 is 0 Å². The van der Waals surface area contributed by atoms with Gasteiger partial charge in [0.2, 0.25) is 11.8 Å². The number of carbonyl (C=O) groups is 2. The summed E-state index contributed by atoms with van der Waals surface area (Å²) < 4.78 is 5.48. The van der Waals surface area contributed by atoms with Gasteiger partial charge >= 0.3 is 0 Å². The Morgan fingerprint density at radius 1 is 1.03 bits per heavy atom. The summed E-state index contributed by atoms with van der Waals surface area (Å²) in [5.74, 6) is 0.521. The molecule has 0 radical (unpaired) electrons. The molecule has 2 N–H and O–H groups in total. The number of benzene rings is 1. The topological polar surface area (TPSA) is 73.9 Å². The first-order valence-electron chi connectivity index (χ1n) is 11.2. The van der Waals surface area contributed by atoms with E-state index in [4.69, 9.17) is 4.74 Å². The largest absolute Gasteiger partial charge is 0.379 e. The first-order chi connectivity index (χ1) is 14.6. The van der Waals surface area contributed by atoms with Gasteiger partial charge in [0.25, 0.3) is 0 Å². The Morgan fingerprint density at radius 3 is 2.50 bits per heavy atom. The van der Waals surface area contributed by atoms with Crippen molar-refractivity contribution in [3.05, 3.63) is 35.9 Å². The minimum Gasteiger partial charge on any atom is -0.379 e. The van der Waals surface area contributed by atoms with Gasteiger partial charge in [-0.3, -0.25) is 14.5 Å². The van der Waals surface area contributed by atoms with E-state index in [1.807, 2.05) is 6.07 Å². The summed E-state index contributed by atoms with van der Waals surface area (Å²) in [6, 6.07) is 10.5. The zero-order valence-corrected chi connectivity index (χ0v) is 18.1. The number of piperidine rings is 1. The summed E-state index contributed by atoms with van der Waals surface area (Å²) in [5, 5.41) is 5.74. The number of nitrogens with zero attached hydrogens (tertiary/aromatic N) is 2. The van der Waals surface area contributed by atoms with Crippen LogP contribution in [0.3, 0.4) is 0 Å². The molecular formula is C23H36N4O3. The molecule has 0 saturated carbocycles. The van der Waals surface area contributed by atoms with E-state index in [-0.39, 0.29) is 17.7 Å². The van der Waals surface area contributed by atoms with Gasteiger partial charge in [-0.25, -0.2) is 0 Å². The molecule has 2 atom stereocenters. The third-order valence-corrected chi connectivity index (χ3v) is 5.96. The maximum atomic E-state index is 12.8. The molecule has 0 aliphatic carbocycles. The molecule has 3 rings (SSSR count). The van der Waals surface area contributed by atoms with Gasteiger partial charge in [0.05, 0.1) is 19.1 Å². The average Bonchev–Trinajstić information content (AvgIpc) is 2.76. The van der Waals surface area contributed by atoms with Crippen LogP contribution in [-0.4, -0.2) is 87.2 Å². The second-order valence-corrected chi connectivity index (χ2v) is 8.48. The number of rotatable bonds is 9. The predicted molar refractivity (Wildman–Crippen MR) is 117 cm³/mol. The zero-order chi connectivity index (χ0) is 21.2. The van der Waals surface area contributed by atoms with Crippen LogP contribution >= 0.6 is 0 Å². The van der Waals surface area contributed by atoms with Gasteiger partial charge in [0.1, 0.15) is 0 Å². The van der Waals surface area contributed by atoms with Crippen molar-refractivity contribution in [1.82, 2.24) is 20.4 Å². The van der Waals surface area contributed by atoms with Gasteiger partial charge in [0, 0.05) is 59.3 Å². The lowest BCUT2D eigenvalue weighted by Crippen LogP contribution is -2.51. The molecule has 2 aliphatic heterocycles. The molecule has 0 bridgehead atoms. The summed E-state index contributed by atoms with van der Waals surface area (Å²) >= 11 is 0. The molecule has 0 unspecified atom stereocenters. The SMILES string of the molecule is CC(=O)NCCNC(=O)[C@@H]1C[C@H](CN2CCOCC2)CN(CCc2ccccc2)C1. The monoisotopic (exact) mass is 416 g/mol. The van der Waals surface area contributed by atoms with E-state index in [0.717, 1.165) is 65.3 Å². The fourth-order valence-corrected chi connectivity index (χ4v) is 4.46. The smallest absolute Gasteiger partial charge is 0.224 e. The van der Waals surface area contributed by atoms with Crippen LogP contribution in [-0.2, 0) is 20.7 Å². The Hall–Kier alpha value is -1.96. The van der Waals surface area contributed by atoms with Crippen LogP contribution in [0.1, 0.15) is 18.9 Å². The molecule has 1 aromatic carbocycles. The fourth-order valence-electron chi connectivity index (χ4n) is 4.46. The number of hydrogen-bond acceptors (Lipinski definition) is 5. The van der Waals surface area contributed by atoms with Crippen molar-refractivity contribution in [2.75, 3.05) is 65.6 Å². The van der Waals surface area contributed by atoms with Crippen LogP contribution in [0.25, 0.3) is 0 Å². The fraction of sp³-hybridized carbons (Fsp3) is 0.652. The third kappa shape index (κ3) is 7.70. The van der Waals surface area contributed by atoms with Crippen LogP contribution in [0.15, 0.2) is 30.3 Å². The quantitative estimate of drug-likeness (QED) is 0.581. The summed E-state index contributed by atoms with van der Waals surface area (Å²) in [7, 11) is 0. The molecule has 0 spiro atoms. The molecular weight excluding hydrogens is 380 g/mol. The predicted octanol–water partition coefficient (Wildman–Crippen LogP) is 0.752. The van der Waals surface area contributed by atoms with Gasteiger partial charge in [-0.2, -0.15) is 0 Å². The Bertz CT molecular complexity index is 664. The Balaban J connectivity index is 1.54. The minimum absolute atomic E-state index is 0.00195. The minimum atomic E-state index is -0.0698. The molecule has 2 fully saturated rings. The lowest BCUT2D eigenvalue weighted by atomic mass is 9.87. The summed E-state index contributed by atoms with van der Waals surface area (Å²) in [5.41, 5.74) is 1.34. The second-order valence-electron chi connectivity index (χ2n) is 8.48. The number of hydrogen-bond donors (Lipinski definition) is 2. The average molecular weight is 417 g/mol. The maximum Gasteiger partial charge on any atom is 0.224 e. The Labute approximate surface area is 180 Å². The molecule has 2 saturated heterocycles. The highest BCUT2D eigenvalue weighted by molar-refractivity contribution is 5.79. The van der Waals surface area contributed by atoms with Crippen molar-refractivity contribution in [2.24, 2.45) is 11.8 Å². The molecule has 0 aromatic heterocycles. The van der Waals surface area contributed by atoms with Crippen LogP contribution < -0.4 is 10.6 Å². The van der Waals surface area contributed by atoms with Crippen LogP contribution in [0.4, 0.5) is 0 Å². The molecule has 2 aliphatic rings. The van der Waals surface area contributed by atoms with Crippen LogP contribution in [0, 0.1) is 11.8 Å². The Morgan fingerprint density at radius 2 is 1.77 bits per heavy atom. The van der Waals surface area contributed by atoms with E-state index in [2.05, 4.69) is 44.7 Å². The standard InChI is InChI=1S/C23H36N4O3/c1-19(28)24-8-9-25-23(29)22-15-21(16-26-11-13-30-14-12-26)17-27(18-22)10-7-20-5-3-2-4-6-20/h2-6,21-22H,7-18H2,1H3,(H,24,28)(H,25,29)/t21-,22-/m1/s1. The first-order valence-corrected chi connectivity index (χ1v) is 11.2. The molecule has 1 aromatic rings. The number of morpholine rings is 1. The van der Waals surface area contributed by atoms with Crippen molar-refractivity contribution in [2.45, 2.75) is 19.8 Å². The molecule has 2 amide bonds. The number of nitrogens with one attached hydrogen (secondary N) is 2. The summed E-state index contributed by atoms with van der Waals surface area (Å²) in [6.45, 7) is 9.86. The van der Waals surface area contributed by atoms with Gasteiger partial charge in [-0.05, 0) is 24.3 Å². The number of amides is 2. The van der Waals surface area contributed by atoms with E-state index in [1.54, 1.807) is 0 Å².